The number of nitrogens with two attached hydrogens (primary N) is 1. The summed E-state index contributed by atoms with van der Waals surface area (Å²) in [5, 5.41) is 6.34. The molecule has 178 valence electrons. The highest BCUT2D eigenvalue weighted by atomic mass is 19.1. The average Bonchev–Trinajstić information content (AvgIpc) is 2.85. The van der Waals surface area contributed by atoms with E-state index in [1.807, 2.05) is 12.1 Å². The molecule has 10 heteroatoms. The van der Waals surface area contributed by atoms with Gasteiger partial charge >= 0.3 is 0 Å². The number of nitrogens with zero attached hydrogens (tertiary/aromatic N) is 4. The number of benzene rings is 1. The van der Waals surface area contributed by atoms with Crippen LogP contribution in [0.25, 0.3) is 22.3 Å². The van der Waals surface area contributed by atoms with Crippen LogP contribution in [0, 0.1) is 0 Å². The van der Waals surface area contributed by atoms with Gasteiger partial charge in [-0.05, 0) is 11.6 Å². The molecule has 0 spiro atoms. The first kappa shape index (κ1) is 22.6. The lowest BCUT2D eigenvalue weighted by Crippen LogP contribution is -2.44. The monoisotopic (exact) mass is 465 g/mol. The topological polar surface area (TPSA) is 118 Å². The van der Waals surface area contributed by atoms with Crippen LogP contribution in [0.2, 0.25) is 0 Å². The summed E-state index contributed by atoms with van der Waals surface area (Å²) in [7, 11) is 0. The minimum Gasteiger partial charge on any atom is -0.379 e. The minimum atomic E-state index is -0.931. The SMILES string of the molecule is NC(=O)c1cc(-c2ccc(CN3CCOCC3)cc2)nc2c(N[C@@H]3CNCC(F)C3)ncnc12. The molecule has 2 saturated heterocycles. The quantitative estimate of drug-likeness (QED) is 0.504. The number of alkyl halides is 1. The van der Waals surface area contributed by atoms with Crippen molar-refractivity contribution < 1.29 is 13.9 Å². The van der Waals surface area contributed by atoms with E-state index in [9.17, 15) is 9.18 Å². The van der Waals surface area contributed by atoms with Gasteiger partial charge < -0.3 is 21.1 Å². The van der Waals surface area contributed by atoms with Gasteiger partial charge in [0.2, 0.25) is 0 Å². The van der Waals surface area contributed by atoms with Crippen LogP contribution >= 0.6 is 0 Å². The smallest absolute Gasteiger partial charge is 0.251 e. The number of pyridine rings is 1. The first-order valence-corrected chi connectivity index (χ1v) is 11.5. The number of rotatable bonds is 6. The Morgan fingerprint density at radius 3 is 2.71 bits per heavy atom. The number of piperidine rings is 1. The fourth-order valence-corrected chi connectivity index (χ4v) is 4.47. The van der Waals surface area contributed by atoms with Gasteiger partial charge in [0.1, 0.15) is 23.5 Å². The lowest BCUT2D eigenvalue weighted by molar-refractivity contribution is 0.0342. The normalized spacial score (nSPS) is 21.4. The lowest BCUT2D eigenvalue weighted by Gasteiger charge is -2.27. The van der Waals surface area contributed by atoms with Crippen molar-refractivity contribution in [3.63, 3.8) is 0 Å². The van der Waals surface area contributed by atoms with E-state index in [1.54, 1.807) is 6.07 Å². The summed E-state index contributed by atoms with van der Waals surface area (Å²) in [5.41, 5.74) is 9.41. The largest absolute Gasteiger partial charge is 0.379 e. The van der Waals surface area contributed by atoms with Crippen molar-refractivity contribution in [2.45, 2.75) is 25.2 Å². The molecular weight excluding hydrogens is 437 g/mol. The molecule has 0 bridgehead atoms. The minimum absolute atomic E-state index is 0.149. The number of hydrogen-bond donors (Lipinski definition) is 3. The molecule has 0 saturated carbocycles. The number of carbonyl (C=O) groups is 1. The number of hydrogen-bond acceptors (Lipinski definition) is 8. The number of nitrogens with one attached hydrogen (secondary N) is 2. The Hall–Kier alpha value is -3.21. The molecule has 2 aliphatic rings. The summed E-state index contributed by atoms with van der Waals surface area (Å²) in [6.07, 6.45) is 0.799. The van der Waals surface area contributed by atoms with Crippen molar-refractivity contribution in [2.75, 3.05) is 44.7 Å². The third-order valence-corrected chi connectivity index (χ3v) is 6.25. The maximum Gasteiger partial charge on any atom is 0.251 e. The molecule has 2 atom stereocenters. The van der Waals surface area contributed by atoms with E-state index in [4.69, 9.17) is 15.5 Å². The molecule has 0 aliphatic carbocycles. The zero-order valence-corrected chi connectivity index (χ0v) is 18.8. The van der Waals surface area contributed by atoms with Crippen molar-refractivity contribution in [2.24, 2.45) is 5.73 Å². The Labute approximate surface area is 196 Å². The van der Waals surface area contributed by atoms with E-state index < -0.39 is 12.1 Å². The highest BCUT2D eigenvalue weighted by Gasteiger charge is 2.23. The van der Waals surface area contributed by atoms with Crippen LogP contribution < -0.4 is 16.4 Å². The van der Waals surface area contributed by atoms with Crippen molar-refractivity contribution in [1.29, 1.82) is 0 Å². The summed E-state index contributed by atoms with van der Waals surface area (Å²) in [6.45, 7) is 5.18. The van der Waals surface area contributed by atoms with Crippen LogP contribution in [0.1, 0.15) is 22.3 Å². The van der Waals surface area contributed by atoms with E-state index in [1.165, 1.54) is 11.9 Å². The molecule has 1 amide bonds. The second kappa shape index (κ2) is 9.96. The van der Waals surface area contributed by atoms with Crippen molar-refractivity contribution >= 4 is 22.8 Å². The van der Waals surface area contributed by atoms with Gasteiger partial charge in [-0.25, -0.2) is 19.3 Å². The third kappa shape index (κ3) is 4.98. The predicted octanol–water partition coefficient (Wildman–Crippen LogP) is 1.73. The molecule has 2 fully saturated rings. The maximum atomic E-state index is 13.9. The van der Waals surface area contributed by atoms with Crippen LogP contribution in [0.4, 0.5) is 10.2 Å². The van der Waals surface area contributed by atoms with Gasteiger partial charge in [-0.15, -0.1) is 0 Å². The highest BCUT2D eigenvalue weighted by molar-refractivity contribution is 6.06. The summed E-state index contributed by atoms with van der Waals surface area (Å²) >= 11 is 0. The molecule has 34 heavy (non-hydrogen) atoms. The summed E-state index contributed by atoms with van der Waals surface area (Å²) in [5.74, 6) is -0.135. The third-order valence-electron chi connectivity index (χ3n) is 6.25. The van der Waals surface area contributed by atoms with E-state index >= 15 is 0 Å². The molecule has 2 aliphatic heterocycles. The van der Waals surface area contributed by atoms with E-state index in [-0.39, 0.29) is 11.6 Å². The summed E-state index contributed by atoms with van der Waals surface area (Å²) < 4.78 is 19.3. The number of aromatic nitrogens is 3. The van der Waals surface area contributed by atoms with Crippen LogP contribution in [0.15, 0.2) is 36.7 Å². The number of morpholine rings is 1. The van der Waals surface area contributed by atoms with Gasteiger partial charge in [-0.3, -0.25) is 9.69 Å². The molecule has 1 unspecified atom stereocenters. The fourth-order valence-electron chi connectivity index (χ4n) is 4.47. The zero-order chi connectivity index (χ0) is 23.5. The first-order chi connectivity index (χ1) is 16.6. The number of carbonyl (C=O) groups excluding carboxylic acids is 1. The molecule has 4 N–H and O–H groups in total. The van der Waals surface area contributed by atoms with Gasteiger partial charge in [-0.1, -0.05) is 24.3 Å². The van der Waals surface area contributed by atoms with Gasteiger partial charge in [0.15, 0.2) is 5.82 Å². The predicted molar refractivity (Wildman–Crippen MR) is 127 cm³/mol. The van der Waals surface area contributed by atoms with Crippen molar-refractivity contribution in [1.82, 2.24) is 25.2 Å². The Balaban J connectivity index is 1.46. The van der Waals surface area contributed by atoms with Crippen LogP contribution in [-0.4, -0.2) is 77.4 Å². The molecule has 5 rings (SSSR count). The Bertz CT molecular complexity index is 1170. The zero-order valence-electron chi connectivity index (χ0n) is 18.8. The standard InChI is InChI=1S/C24H28FN7O2/c25-17-9-18(12-27-11-17)30-24-22-21(28-14-29-24)19(23(26)33)10-20(31-22)16-3-1-15(2-4-16)13-32-5-7-34-8-6-32/h1-4,10,14,17-18,27H,5-9,11-13H2,(H2,26,33)(H,28,29,30)/t17?,18-/m0/s1. The number of halogens is 1. The van der Waals surface area contributed by atoms with Crippen LogP contribution in [0.3, 0.4) is 0 Å². The first-order valence-electron chi connectivity index (χ1n) is 11.5. The van der Waals surface area contributed by atoms with Gasteiger partial charge in [0.05, 0.1) is 24.5 Å². The van der Waals surface area contributed by atoms with Crippen LogP contribution in [-0.2, 0) is 11.3 Å². The number of amides is 1. The Kier molecular flexibility index (Phi) is 6.61. The van der Waals surface area contributed by atoms with Crippen LogP contribution in [0.5, 0.6) is 0 Å². The molecule has 2 aromatic heterocycles. The molecule has 3 aromatic rings. The molecular formula is C24H28FN7O2. The van der Waals surface area contributed by atoms with Gasteiger partial charge in [0, 0.05) is 50.7 Å². The Morgan fingerprint density at radius 2 is 1.97 bits per heavy atom. The van der Waals surface area contributed by atoms with E-state index in [2.05, 4.69) is 37.6 Å². The molecule has 0 radical (unpaired) electrons. The van der Waals surface area contributed by atoms with Crippen molar-refractivity contribution in [3.8, 4) is 11.3 Å². The van der Waals surface area contributed by atoms with E-state index in [0.717, 1.165) is 38.4 Å². The summed E-state index contributed by atoms with van der Waals surface area (Å²) in [4.78, 5) is 28.0. The molecule has 9 nitrogen and oxygen atoms in total. The molecule has 4 heterocycles. The second-order valence-corrected chi connectivity index (χ2v) is 8.76. The maximum absolute atomic E-state index is 13.9. The second-order valence-electron chi connectivity index (χ2n) is 8.76. The number of anilines is 1. The summed E-state index contributed by atoms with van der Waals surface area (Å²) in [6, 6.07) is 9.63. The van der Waals surface area contributed by atoms with Gasteiger partial charge in [-0.2, -0.15) is 0 Å². The number of fused-ring (bicyclic) bond motifs is 1. The Morgan fingerprint density at radius 1 is 1.18 bits per heavy atom. The number of primary amides is 1. The van der Waals surface area contributed by atoms with Gasteiger partial charge in [0.25, 0.3) is 5.91 Å². The lowest BCUT2D eigenvalue weighted by atomic mass is 10.0. The number of ether oxygens (including phenoxy) is 1. The van der Waals surface area contributed by atoms with Crippen molar-refractivity contribution in [3.05, 3.63) is 47.8 Å². The fraction of sp³-hybridized carbons (Fsp3) is 0.417. The average molecular weight is 466 g/mol. The van der Waals surface area contributed by atoms with E-state index in [0.29, 0.717) is 42.1 Å². The highest BCUT2D eigenvalue weighted by Crippen LogP contribution is 2.28. The molecule has 1 aromatic carbocycles.